The molecule has 1 aromatic rings. The summed E-state index contributed by atoms with van der Waals surface area (Å²) in [4.78, 5) is 0. The lowest BCUT2D eigenvalue weighted by Gasteiger charge is -2.09. The summed E-state index contributed by atoms with van der Waals surface area (Å²) in [6.07, 6.45) is 7.46. The third-order valence-electron chi connectivity index (χ3n) is 3.55. The summed E-state index contributed by atoms with van der Waals surface area (Å²) in [5, 5.41) is 4.04. The minimum absolute atomic E-state index is 0.188. The number of nitrogens with zero attached hydrogens (tertiary/aromatic N) is 2. The first kappa shape index (κ1) is 11.1. The van der Waals surface area contributed by atoms with Crippen LogP contribution in [0.15, 0.2) is 12.4 Å². The Kier molecular flexibility index (Phi) is 2.43. The van der Waals surface area contributed by atoms with Crippen LogP contribution in [0.25, 0.3) is 0 Å². The van der Waals surface area contributed by atoms with Crippen LogP contribution in [0.3, 0.4) is 0 Å². The molecule has 0 unspecified atom stereocenters. The molecule has 6 heteroatoms. The van der Waals surface area contributed by atoms with Crippen molar-refractivity contribution in [2.24, 2.45) is 5.92 Å². The highest BCUT2D eigenvalue weighted by Crippen LogP contribution is 2.39. The Bertz CT molecular complexity index is 515. The molecule has 5 nitrogen and oxygen atoms in total. The molecular formula is C11H17N3O2S. The van der Waals surface area contributed by atoms with Gasteiger partial charge in [0.15, 0.2) is 0 Å². The molecule has 2 aliphatic carbocycles. The van der Waals surface area contributed by atoms with E-state index < -0.39 is 10.0 Å². The van der Waals surface area contributed by atoms with Crippen molar-refractivity contribution in [1.29, 1.82) is 0 Å². The molecule has 0 aromatic carbocycles. The molecule has 17 heavy (non-hydrogen) atoms. The summed E-state index contributed by atoms with van der Waals surface area (Å²) in [6.45, 7) is 2.13. The molecule has 0 bridgehead atoms. The van der Waals surface area contributed by atoms with Crippen LogP contribution in [0.4, 0.5) is 5.69 Å². The standard InChI is InChI=1S/C11H17N3O2S/c1-8(9-2-3-9)14-7-10(6-12-14)13-17(15,16)11-4-5-11/h6-9,11,13H,2-5H2,1H3/t8-/m0/s1. The van der Waals surface area contributed by atoms with Crippen LogP contribution in [-0.2, 0) is 10.0 Å². The Hall–Kier alpha value is -1.04. The molecule has 3 rings (SSSR count). The van der Waals surface area contributed by atoms with E-state index in [2.05, 4.69) is 16.7 Å². The topological polar surface area (TPSA) is 64.0 Å². The lowest BCUT2D eigenvalue weighted by molar-refractivity contribution is 0.440. The Morgan fingerprint density at radius 2 is 2.12 bits per heavy atom. The van der Waals surface area contributed by atoms with Gasteiger partial charge in [0.1, 0.15) is 0 Å². The molecule has 2 fully saturated rings. The van der Waals surface area contributed by atoms with Gasteiger partial charge in [-0.3, -0.25) is 9.40 Å². The molecule has 1 aromatic heterocycles. The largest absolute Gasteiger partial charge is 0.280 e. The van der Waals surface area contributed by atoms with Crippen LogP contribution in [0, 0.1) is 5.92 Å². The smallest absolute Gasteiger partial charge is 0.235 e. The predicted octanol–water partition coefficient (Wildman–Crippen LogP) is 1.76. The first-order valence-electron chi connectivity index (χ1n) is 6.12. The van der Waals surface area contributed by atoms with Crippen LogP contribution >= 0.6 is 0 Å². The Morgan fingerprint density at radius 1 is 1.41 bits per heavy atom. The average Bonchev–Trinajstić information content (AvgIpc) is 3.12. The maximum absolute atomic E-state index is 11.7. The van der Waals surface area contributed by atoms with Gasteiger partial charge in [-0.2, -0.15) is 5.10 Å². The monoisotopic (exact) mass is 255 g/mol. The van der Waals surface area contributed by atoms with E-state index in [1.807, 2.05) is 4.68 Å². The number of hydrogen-bond donors (Lipinski definition) is 1. The maximum atomic E-state index is 11.7. The fourth-order valence-electron chi connectivity index (χ4n) is 2.03. The van der Waals surface area contributed by atoms with Gasteiger partial charge < -0.3 is 0 Å². The lowest BCUT2D eigenvalue weighted by atomic mass is 10.2. The van der Waals surface area contributed by atoms with Gasteiger partial charge in [0.05, 0.1) is 23.2 Å². The molecule has 0 saturated heterocycles. The van der Waals surface area contributed by atoms with Crippen molar-refractivity contribution in [2.75, 3.05) is 4.72 Å². The van der Waals surface area contributed by atoms with Gasteiger partial charge in [-0.25, -0.2) is 8.42 Å². The minimum atomic E-state index is -3.16. The number of anilines is 1. The van der Waals surface area contributed by atoms with E-state index in [-0.39, 0.29) is 5.25 Å². The first-order valence-corrected chi connectivity index (χ1v) is 7.67. The third kappa shape index (κ3) is 2.31. The van der Waals surface area contributed by atoms with Crippen molar-refractivity contribution in [3.8, 4) is 0 Å². The highest BCUT2D eigenvalue weighted by Gasteiger charge is 2.36. The van der Waals surface area contributed by atoms with Gasteiger partial charge in [-0.15, -0.1) is 0 Å². The lowest BCUT2D eigenvalue weighted by Crippen LogP contribution is -2.17. The van der Waals surface area contributed by atoms with Crippen LogP contribution in [-0.4, -0.2) is 23.4 Å². The fourth-order valence-corrected chi connectivity index (χ4v) is 3.39. The number of hydrogen-bond acceptors (Lipinski definition) is 3. The van der Waals surface area contributed by atoms with E-state index in [1.165, 1.54) is 12.8 Å². The van der Waals surface area contributed by atoms with Gasteiger partial charge in [-0.05, 0) is 38.5 Å². The van der Waals surface area contributed by atoms with Crippen molar-refractivity contribution >= 4 is 15.7 Å². The molecule has 0 amide bonds. The molecule has 0 spiro atoms. The number of sulfonamides is 1. The fraction of sp³-hybridized carbons (Fsp3) is 0.727. The highest BCUT2D eigenvalue weighted by molar-refractivity contribution is 7.93. The van der Waals surface area contributed by atoms with Crippen molar-refractivity contribution in [2.45, 2.75) is 43.9 Å². The number of aromatic nitrogens is 2. The van der Waals surface area contributed by atoms with Crippen LogP contribution in [0.5, 0.6) is 0 Å². The molecule has 2 saturated carbocycles. The summed E-state index contributed by atoms with van der Waals surface area (Å²) in [5.41, 5.74) is 0.587. The molecule has 1 heterocycles. The first-order chi connectivity index (χ1) is 8.06. The summed E-state index contributed by atoms with van der Waals surface area (Å²) in [6, 6.07) is 0.370. The Labute approximate surface area is 101 Å². The van der Waals surface area contributed by atoms with Crippen molar-refractivity contribution in [3.63, 3.8) is 0 Å². The molecule has 0 radical (unpaired) electrons. The molecule has 1 atom stereocenters. The summed E-state index contributed by atoms with van der Waals surface area (Å²) < 4.78 is 27.9. The Balaban J connectivity index is 1.71. The number of rotatable bonds is 5. The van der Waals surface area contributed by atoms with E-state index in [0.717, 1.165) is 12.8 Å². The average molecular weight is 255 g/mol. The maximum Gasteiger partial charge on any atom is 0.235 e. The SMILES string of the molecule is C[C@@H](C1CC1)n1cc(NS(=O)(=O)C2CC2)cn1. The molecule has 1 N–H and O–H groups in total. The molecular weight excluding hydrogens is 238 g/mol. The van der Waals surface area contributed by atoms with Crippen molar-refractivity contribution in [1.82, 2.24) is 9.78 Å². The third-order valence-corrected chi connectivity index (χ3v) is 5.42. The van der Waals surface area contributed by atoms with E-state index in [1.54, 1.807) is 12.4 Å². The van der Waals surface area contributed by atoms with Crippen LogP contribution < -0.4 is 4.72 Å². The summed E-state index contributed by atoms with van der Waals surface area (Å²) >= 11 is 0. The molecule has 0 aliphatic heterocycles. The van der Waals surface area contributed by atoms with Crippen LogP contribution in [0.2, 0.25) is 0 Å². The minimum Gasteiger partial charge on any atom is -0.280 e. The van der Waals surface area contributed by atoms with Gasteiger partial charge in [0, 0.05) is 6.20 Å². The van der Waals surface area contributed by atoms with Gasteiger partial charge in [0.25, 0.3) is 0 Å². The van der Waals surface area contributed by atoms with E-state index >= 15 is 0 Å². The summed E-state index contributed by atoms with van der Waals surface area (Å²) in [5.74, 6) is 0.711. The van der Waals surface area contributed by atoms with Gasteiger partial charge in [0.2, 0.25) is 10.0 Å². The second-order valence-corrected chi connectivity index (χ2v) is 7.09. The second kappa shape index (κ2) is 3.73. The zero-order valence-electron chi connectivity index (χ0n) is 9.83. The van der Waals surface area contributed by atoms with Crippen LogP contribution in [0.1, 0.15) is 38.6 Å². The predicted molar refractivity (Wildman–Crippen MR) is 65.2 cm³/mol. The molecule has 94 valence electrons. The highest BCUT2D eigenvalue weighted by atomic mass is 32.2. The van der Waals surface area contributed by atoms with Gasteiger partial charge in [-0.1, -0.05) is 0 Å². The molecule has 2 aliphatic rings. The Morgan fingerprint density at radius 3 is 2.71 bits per heavy atom. The van der Waals surface area contributed by atoms with Crippen molar-refractivity contribution < 1.29 is 8.42 Å². The number of nitrogens with one attached hydrogen (secondary N) is 1. The van der Waals surface area contributed by atoms with E-state index in [9.17, 15) is 8.42 Å². The quantitative estimate of drug-likeness (QED) is 0.872. The van der Waals surface area contributed by atoms with Gasteiger partial charge >= 0.3 is 0 Å². The van der Waals surface area contributed by atoms with E-state index in [4.69, 9.17) is 0 Å². The summed E-state index contributed by atoms with van der Waals surface area (Å²) in [7, 11) is -3.16. The zero-order valence-corrected chi connectivity index (χ0v) is 10.7. The second-order valence-electron chi connectivity index (χ2n) is 5.13. The normalized spacial score (nSPS) is 22.4. The van der Waals surface area contributed by atoms with E-state index in [0.29, 0.717) is 17.6 Å². The zero-order chi connectivity index (χ0) is 12.0. The van der Waals surface area contributed by atoms with Crippen molar-refractivity contribution in [3.05, 3.63) is 12.4 Å².